The van der Waals surface area contributed by atoms with E-state index in [0.717, 1.165) is 24.0 Å². The van der Waals surface area contributed by atoms with Crippen molar-refractivity contribution in [2.75, 3.05) is 24.3 Å². The highest BCUT2D eigenvalue weighted by atomic mass is 16.5. The average molecular weight is 219 g/mol. The standard InChI is InChI=1S/C12H17N3O/c1-16-11-5-4-10-12(15-11)14-9(6-7-13-10)8-2-3-8/h4-5,8-9,13H,2-3,6-7H2,1H3,(H,14,15). The lowest BCUT2D eigenvalue weighted by atomic mass is 10.1. The Morgan fingerprint density at radius 1 is 1.31 bits per heavy atom. The molecule has 1 atom stereocenters. The first kappa shape index (κ1) is 9.75. The number of hydrogen-bond acceptors (Lipinski definition) is 4. The molecule has 2 N–H and O–H groups in total. The number of pyridine rings is 1. The molecule has 1 fully saturated rings. The van der Waals surface area contributed by atoms with Crippen LogP contribution in [0.15, 0.2) is 12.1 Å². The molecule has 1 saturated carbocycles. The van der Waals surface area contributed by atoms with E-state index in [4.69, 9.17) is 4.74 Å². The molecule has 2 heterocycles. The van der Waals surface area contributed by atoms with E-state index in [2.05, 4.69) is 15.6 Å². The Kier molecular flexibility index (Phi) is 2.35. The van der Waals surface area contributed by atoms with E-state index in [1.807, 2.05) is 12.1 Å². The van der Waals surface area contributed by atoms with Crippen LogP contribution >= 0.6 is 0 Å². The highest BCUT2D eigenvalue weighted by Crippen LogP contribution is 2.38. The van der Waals surface area contributed by atoms with Crippen LogP contribution in [0.4, 0.5) is 11.5 Å². The van der Waals surface area contributed by atoms with Gasteiger partial charge in [0, 0.05) is 18.7 Å². The van der Waals surface area contributed by atoms with Gasteiger partial charge in [-0.3, -0.25) is 0 Å². The van der Waals surface area contributed by atoms with Crippen LogP contribution in [-0.2, 0) is 0 Å². The summed E-state index contributed by atoms with van der Waals surface area (Å²) >= 11 is 0. The van der Waals surface area contributed by atoms with Crippen LogP contribution in [0.1, 0.15) is 19.3 Å². The molecule has 16 heavy (non-hydrogen) atoms. The van der Waals surface area contributed by atoms with Crippen LogP contribution in [0.5, 0.6) is 5.88 Å². The zero-order chi connectivity index (χ0) is 11.0. The van der Waals surface area contributed by atoms with E-state index < -0.39 is 0 Å². The molecule has 0 amide bonds. The third-order valence-electron chi connectivity index (χ3n) is 3.36. The first-order chi connectivity index (χ1) is 7.86. The summed E-state index contributed by atoms with van der Waals surface area (Å²) in [6.45, 7) is 1.02. The second kappa shape index (κ2) is 3.85. The van der Waals surface area contributed by atoms with Crippen molar-refractivity contribution in [3.63, 3.8) is 0 Å². The van der Waals surface area contributed by atoms with E-state index >= 15 is 0 Å². The van der Waals surface area contributed by atoms with Crippen LogP contribution in [-0.4, -0.2) is 24.7 Å². The third-order valence-corrected chi connectivity index (χ3v) is 3.36. The van der Waals surface area contributed by atoms with Crippen molar-refractivity contribution in [2.45, 2.75) is 25.3 Å². The van der Waals surface area contributed by atoms with Gasteiger partial charge < -0.3 is 15.4 Å². The topological polar surface area (TPSA) is 46.2 Å². The molecule has 1 unspecified atom stereocenters. The van der Waals surface area contributed by atoms with Gasteiger partial charge in [0.05, 0.1) is 12.8 Å². The second-order valence-corrected chi connectivity index (χ2v) is 4.55. The van der Waals surface area contributed by atoms with Crippen LogP contribution in [0.2, 0.25) is 0 Å². The zero-order valence-electron chi connectivity index (χ0n) is 9.49. The summed E-state index contributed by atoms with van der Waals surface area (Å²) in [7, 11) is 1.65. The molecular weight excluding hydrogens is 202 g/mol. The number of anilines is 2. The van der Waals surface area contributed by atoms with E-state index in [0.29, 0.717) is 11.9 Å². The molecule has 86 valence electrons. The lowest BCUT2D eigenvalue weighted by Gasteiger charge is -2.15. The lowest BCUT2D eigenvalue weighted by molar-refractivity contribution is 0.398. The molecule has 1 aromatic heterocycles. The Hall–Kier alpha value is -1.45. The fourth-order valence-electron chi connectivity index (χ4n) is 2.27. The SMILES string of the molecule is COc1ccc2c(n1)NC(C1CC1)CCN2. The molecule has 1 aliphatic carbocycles. The van der Waals surface area contributed by atoms with E-state index in [-0.39, 0.29) is 0 Å². The van der Waals surface area contributed by atoms with Gasteiger partial charge in [0.15, 0.2) is 5.82 Å². The Labute approximate surface area is 95.4 Å². The molecule has 0 radical (unpaired) electrons. The summed E-state index contributed by atoms with van der Waals surface area (Å²) in [5.74, 6) is 2.46. The highest BCUT2D eigenvalue weighted by Gasteiger charge is 2.32. The van der Waals surface area contributed by atoms with E-state index in [9.17, 15) is 0 Å². The molecule has 1 aliphatic heterocycles. The van der Waals surface area contributed by atoms with Crippen LogP contribution in [0.3, 0.4) is 0 Å². The minimum absolute atomic E-state index is 0.577. The maximum Gasteiger partial charge on any atom is 0.215 e. The van der Waals surface area contributed by atoms with Gasteiger partial charge >= 0.3 is 0 Å². The molecular formula is C12H17N3O. The number of fused-ring (bicyclic) bond motifs is 1. The smallest absolute Gasteiger partial charge is 0.215 e. The molecule has 3 rings (SSSR count). The minimum atomic E-state index is 0.577. The fraction of sp³-hybridized carbons (Fsp3) is 0.583. The normalized spacial score (nSPS) is 23.7. The largest absolute Gasteiger partial charge is 0.481 e. The number of nitrogens with zero attached hydrogens (tertiary/aromatic N) is 1. The Bertz CT molecular complexity index is 390. The quantitative estimate of drug-likeness (QED) is 0.799. The molecule has 0 aromatic carbocycles. The average Bonchev–Trinajstić information content (AvgIpc) is 3.13. The lowest BCUT2D eigenvalue weighted by Crippen LogP contribution is -2.22. The van der Waals surface area contributed by atoms with Gasteiger partial charge in [0.2, 0.25) is 5.88 Å². The van der Waals surface area contributed by atoms with Crippen LogP contribution in [0, 0.1) is 5.92 Å². The summed E-state index contributed by atoms with van der Waals surface area (Å²) in [5.41, 5.74) is 1.09. The molecule has 4 nitrogen and oxygen atoms in total. The van der Waals surface area contributed by atoms with Crippen LogP contribution in [0.25, 0.3) is 0 Å². The predicted octanol–water partition coefficient (Wildman–Crippen LogP) is 2.10. The molecule has 0 saturated heterocycles. The van der Waals surface area contributed by atoms with E-state index in [1.54, 1.807) is 7.11 Å². The predicted molar refractivity (Wildman–Crippen MR) is 64.0 cm³/mol. The van der Waals surface area contributed by atoms with Crippen molar-refractivity contribution < 1.29 is 4.74 Å². The van der Waals surface area contributed by atoms with Crippen molar-refractivity contribution in [3.05, 3.63) is 12.1 Å². The molecule has 4 heteroatoms. The minimum Gasteiger partial charge on any atom is -0.481 e. The van der Waals surface area contributed by atoms with Gasteiger partial charge in [0.1, 0.15) is 0 Å². The summed E-state index contributed by atoms with van der Waals surface area (Å²) in [4.78, 5) is 4.46. The summed E-state index contributed by atoms with van der Waals surface area (Å²) in [6, 6.07) is 4.50. The Morgan fingerprint density at radius 3 is 2.94 bits per heavy atom. The maximum absolute atomic E-state index is 5.15. The number of hydrogen-bond donors (Lipinski definition) is 2. The van der Waals surface area contributed by atoms with Gasteiger partial charge in [0.25, 0.3) is 0 Å². The summed E-state index contributed by atoms with van der Waals surface area (Å²) in [5, 5.41) is 6.95. The van der Waals surface area contributed by atoms with Gasteiger partial charge in [-0.05, 0) is 31.2 Å². The first-order valence-electron chi connectivity index (χ1n) is 5.92. The highest BCUT2D eigenvalue weighted by molar-refractivity contribution is 5.66. The third kappa shape index (κ3) is 1.79. The van der Waals surface area contributed by atoms with Gasteiger partial charge in [-0.15, -0.1) is 0 Å². The fourth-order valence-corrected chi connectivity index (χ4v) is 2.27. The molecule has 0 bridgehead atoms. The summed E-state index contributed by atoms with van der Waals surface area (Å²) in [6.07, 6.45) is 3.89. The monoisotopic (exact) mass is 219 g/mol. The zero-order valence-corrected chi connectivity index (χ0v) is 9.49. The van der Waals surface area contributed by atoms with Crippen molar-refractivity contribution in [1.82, 2.24) is 4.98 Å². The van der Waals surface area contributed by atoms with E-state index in [1.165, 1.54) is 19.3 Å². The second-order valence-electron chi connectivity index (χ2n) is 4.55. The number of rotatable bonds is 2. The Morgan fingerprint density at radius 2 is 2.19 bits per heavy atom. The maximum atomic E-state index is 5.15. The van der Waals surface area contributed by atoms with Crippen molar-refractivity contribution in [3.8, 4) is 5.88 Å². The number of ether oxygens (including phenoxy) is 1. The molecule has 1 aromatic rings. The number of nitrogens with one attached hydrogen (secondary N) is 2. The van der Waals surface area contributed by atoms with Crippen molar-refractivity contribution >= 4 is 11.5 Å². The van der Waals surface area contributed by atoms with Gasteiger partial charge in [-0.2, -0.15) is 4.98 Å². The first-order valence-corrected chi connectivity index (χ1v) is 5.92. The van der Waals surface area contributed by atoms with Gasteiger partial charge in [-0.1, -0.05) is 0 Å². The number of methoxy groups -OCH3 is 1. The Balaban J connectivity index is 1.87. The van der Waals surface area contributed by atoms with Gasteiger partial charge in [-0.25, -0.2) is 0 Å². The van der Waals surface area contributed by atoms with Crippen molar-refractivity contribution in [2.24, 2.45) is 5.92 Å². The van der Waals surface area contributed by atoms with Crippen LogP contribution < -0.4 is 15.4 Å². The van der Waals surface area contributed by atoms with Crippen molar-refractivity contribution in [1.29, 1.82) is 0 Å². The summed E-state index contributed by atoms with van der Waals surface area (Å²) < 4.78 is 5.15. The molecule has 2 aliphatic rings. The molecule has 0 spiro atoms. The number of aromatic nitrogens is 1.